The Kier molecular flexibility index (Phi) is 4.52. The van der Waals surface area contributed by atoms with Gasteiger partial charge in [0.1, 0.15) is 0 Å². The van der Waals surface area contributed by atoms with Crippen molar-refractivity contribution in [2.24, 2.45) is 0 Å². The average Bonchev–Trinajstić information content (AvgIpc) is 2.89. The summed E-state index contributed by atoms with van der Waals surface area (Å²) in [5, 5.41) is 5.28. The quantitative estimate of drug-likeness (QED) is 0.912. The second-order valence-electron chi connectivity index (χ2n) is 4.45. The SMILES string of the molecule is CN(C)c1ccc(CCC(=O)Nc2nccs2)cc1. The van der Waals surface area contributed by atoms with Crippen LogP contribution in [0.15, 0.2) is 35.8 Å². The molecule has 2 rings (SSSR count). The number of thiazole rings is 1. The van der Waals surface area contributed by atoms with E-state index in [1.165, 1.54) is 16.9 Å². The molecule has 1 N–H and O–H groups in total. The maximum atomic E-state index is 11.7. The largest absolute Gasteiger partial charge is 0.378 e. The van der Waals surface area contributed by atoms with E-state index < -0.39 is 0 Å². The molecule has 0 radical (unpaired) electrons. The fourth-order valence-corrected chi connectivity index (χ4v) is 2.23. The second-order valence-corrected chi connectivity index (χ2v) is 5.34. The van der Waals surface area contributed by atoms with Gasteiger partial charge >= 0.3 is 0 Å². The molecule has 1 aromatic carbocycles. The van der Waals surface area contributed by atoms with E-state index in [4.69, 9.17) is 0 Å². The van der Waals surface area contributed by atoms with Crippen molar-refractivity contribution in [2.75, 3.05) is 24.3 Å². The molecule has 2 aromatic rings. The molecule has 0 saturated heterocycles. The van der Waals surface area contributed by atoms with Crippen molar-refractivity contribution in [2.45, 2.75) is 12.8 Å². The van der Waals surface area contributed by atoms with Crippen LogP contribution in [0.4, 0.5) is 10.8 Å². The normalized spacial score (nSPS) is 10.2. The highest BCUT2D eigenvalue weighted by molar-refractivity contribution is 7.13. The summed E-state index contributed by atoms with van der Waals surface area (Å²) < 4.78 is 0. The Balaban J connectivity index is 1.83. The molecule has 0 aliphatic rings. The number of carbonyl (C=O) groups is 1. The van der Waals surface area contributed by atoms with E-state index in [0.717, 1.165) is 12.1 Å². The topological polar surface area (TPSA) is 45.2 Å². The Morgan fingerprint density at radius 2 is 2.05 bits per heavy atom. The van der Waals surface area contributed by atoms with Crippen molar-refractivity contribution in [3.05, 3.63) is 41.4 Å². The van der Waals surface area contributed by atoms with Gasteiger partial charge in [-0.2, -0.15) is 0 Å². The lowest BCUT2D eigenvalue weighted by Crippen LogP contribution is -2.12. The van der Waals surface area contributed by atoms with Crippen LogP contribution in [0.1, 0.15) is 12.0 Å². The third-order valence-corrected chi connectivity index (χ3v) is 3.46. The van der Waals surface area contributed by atoms with Crippen LogP contribution < -0.4 is 10.2 Å². The molecular weight excluding hydrogens is 258 g/mol. The van der Waals surface area contributed by atoms with Crippen molar-refractivity contribution in [3.63, 3.8) is 0 Å². The highest BCUT2D eigenvalue weighted by atomic mass is 32.1. The third-order valence-electron chi connectivity index (χ3n) is 2.77. The highest BCUT2D eigenvalue weighted by Crippen LogP contribution is 2.14. The van der Waals surface area contributed by atoms with Gasteiger partial charge in [0.25, 0.3) is 0 Å². The summed E-state index contributed by atoms with van der Waals surface area (Å²) in [6.45, 7) is 0. The van der Waals surface area contributed by atoms with Gasteiger partial charge in [0.15, 0.2) is 5.13 Å². The van der Waals surface area contributed by atoms with E-state index >= 15 is 0 Å². The first-order chi connectivity index (χ1) is 9.15. The van der Waals surface area contributed by atoms with E-state index in [1.807, 2.05) is 19.5 Å². The molecule has 5 heteroatoms. The van der Waals surface area contributed by atoms with Gasteiger partial charge in [-0.1, -0.05) is 12.1 Å². The number of aryl methyl sites for hydroxylation is 1. The lowest BCUT2D eigenvalue weighted by Gasteiger charge is -2.12. The fraction of sp³-hybridized carbons (Fsp3) is 0.286. The van der Waals surface area contributed by atoms with Crippen LogP contribution in [0.3, 0.4) is 0 Å². The Morgan fingerprint density at radius 3 is 2.63 bits per heavy atom. The van der Waals surface area contributed by atoms with E-state index in [0.29, 0.717) is 11.6 Å². The summed E-state index contributed by atoms with van der Waals surface area (Å²) in [6.07, 6.45) is 2.89. The molecule has 1 heterocycles. The molecule has 1 amide bonds. The van der Waals surface area contributed by atoms with Crippen LogP contribution in [-0.2, 0) is 11.2 Å². The fourth-order valence-electron chi connectivity index (χ4n) is 1.69. The molecule has 0 aliphatic heterocycles. The van der Waals surface area contributed by atoms with Gasteiger partial charge in [0, 0.05) is 37.8 Å². The highest BCUT2D eigenvalue weighted by Gasteiger charge is 2.04. The second kappa shape index (κ2) is 6.33. The number of nitrogens with zero attached hydrogens (tertiary/aromatic N) is 2. The number of aromatic nitrogens is 1. The third kappa shape index (κ3) is 4.06. The number of carbonyl (C=O) groups excluding carboxylic acids is 1. The van der Waals surface area contributed by atoms with E-state index in [-0.39, 0.29) is 5.91 Å². The number of amides is 1. The molecule has 1 aromatic heterocycles. The smallest absolute Gasteiger partial charge is 0.226 e. The van der Waals surface area contributed by atoms with Crippen molar-refractivity contribution >= 4 is 28.1 Å². The Hall–Kier alpha value is -1.88. The maximum absolute atomic E-state index is 11.7. The summed E-state index contributed by atoms with van der Waals surface area (Å²) in [7, 11) is 4.02. The number of nitrogens with one attached hydrogen (secondary N) is 1. The summed E-state index contributed by atoms with van der Waals surface area (Å²) in [5.74, 6) is 0.00614. The van der Waals surface area contributed by atoms with Gasteiger partial charge in [-0.15, -0.1) is 11.3 Å². The number of rotatable bonds is 5. The first-order valence-corrected chi connectivity index (χ1v) is 6.99. The molecule has 0 saturated carbocycles. The molecule has 19 heavy (non-hydrogen) atoms. The van der Waals surface area contributed by atoms with Crippen LogP contribution in [0.2, 0.25) is 0 Å². The van der Waals surface area contributed by atoms with Crippen LogP contribution in [0, 0.1) is 0 Å². The van der Waals surface area contributed by atoms with Gasteiger partial charge < -0.3 is 10.2 Å². The molecule has 0 aliphatic carbocycles. The predicted octanol–water partition coefficient (Wildman–Crippen LogP) is 2.78. The number of anilines is 2. The van der Waals surface area contributed by atoms with Crippen LogP contribution in [-0.4, -0.2) is 25.0 Å². The van der Waals surface area contributed by atoms with E-state index in [1.54, 1.807) is 6.20 Å². The van der Waals surface area contributed by atoms with Gasteiger partial charge in [-0.25, -0.2) is 4.98 Å². The molecular formula is C14H17N3OS. The minimum absolute atomic E-state index is 0.00614. The van der Waals surface area contributed by atoms with E-state index in [2.05, 4.69) is 39.5 Å². The number of hydrogen-bond acceptors (Lipinski definition) is 4. The van der Waals surface area contributed by atoms with Gasteiger partial charge in [-0.05, 0) is 24.1 Å². The zero-order valence-electron chi connectivity index (χ0n) is 11.1. The zero-order chi connectivity index (χ0) is 13.7. The van der Waals surface area contributed by atoms with Gasteiger partial charge in [-0.3, -0.25) is 4.79 Å². The molecule has 100 valence electrons. The molecule has 0 atom stereocenters. The van der Waals surface area contributed by atoms with Crippen LogP contribution in [0.25, 0.3) is 0 Å². The van der Waals surface area contributed by atoms with Gasteiger partial charge in [0.2, 0.25) is 5.91 Å². The minimum Gasteiger partial charge on any atom is -0.378 e. The predicted molar refractivity (Wildman–Crippen MR) is 79.8 cm³/mol. The maximum Gasteiger partial charge on any atom is 0.226 e. The lowest BCUT2D eigenvalue weighted by atomic mass is 10.1. The summed E-state index contributed by atoms with van der Waals surface area (Å²) in [6, 6.07) is 8.25. The monoisotopic (exact) mass is 275 g/mol. The Morgan fingerprint density at radius 1 is 1.32 bits per heavy atom. The molecule has 0 unspecified atom stereocenters. The van der Waals surface area contributed by atoms with Crippen LogP contribution >= 0.6 is 11.3 Å². The molecule has 0 fully saturated rings. The zero-order valence-corrected chi connectivity index (χ0v) is 11.9. The molecule has 0 spiro atoms. The van der Waals surface area contributed by atoms with Gasteiger partial charge in [0.05, 0.1) is 0 Å². The summed E-state index contributed by atoms with van der Waals surface area (Å²) in [5.41, 5.74) is 2.33. The first-order valence-electron chi connectivity index (χ1n) is 6.11. The van der Waals surface area contributed by atoms with Crippen molar-refractivity contribution in [1.29, 1.82) is 0 Å². The average molecular weight is 275 g/mol. The van der Waals surface area contributed by atoms with E-state index in [9.17, 15) is 4.79 Å². The standard InChI is InChI=1S/C14H17N3OS/c1-17(2)12-6-3-11(4-7-12)5-8-13(18)16-14-15-9-10-19-14/h3-4,6-7,9-10H,5,8H2,1-2H3,(H,15,16,18). The number of hydrogen-bond donors (Lipinski definition) is 1. The Bertz CT molecular complexity index is 520. The van der Waals surface area contributed by atoms with Crippen LogP contribution in [0.5, 0.6) is 0 Å². The first kappa shape index (κ1) is 13.5. The lowest BCUT2D eigenvalue weighted by molar-refractivity contribution is -0.116. The molecule has 4 nitrogen and oxygen atoms in total. The summed E-state index contributed by atoms with van der Waals surface area (Å²) in [4.78, 5) is 17.8. The Labute approximate surface area is 117 Å². The van der Waals surface area contributed by atoms with Crippen molar-refractivity contribution in [1.82, 2.24) is 4.98 Å². The summed E-state index contributed by atoms with van der Waals surface area (Å²) >= 11 is 1.43. The number of benzene rings is 1. The molecule has 0 bridgehead atoms. The van der Waals surface area contributed by atoms with Crippen molar-refractivity contribution in [3.8, 4) is 0 Å². The van der Waals surface area contributed by atoms with Crippen molar-refractivity contribution < 1.29 is 4.79 Å². The minimum atomic E-state index is 0.00614.